The van der Waals surface area contributed by atoms with Crippen molar-refractivity contribution in [3.8, 4) is 0 Å². The molecule has 3 N–H and O–H groups in total. The summed E-state index contributed by atoms with van der Waals surface area (Å²) in [5.74, 6) is -1.29. The first-order valence-corrected chi connectivity index (χ1v) is 6.72. The molecule has 0 saturated carbocycles. The van der Waals surface area contributed by atoms with E-state index < -0.39 is 17.9 Å². The highest BCUT2D eigenvalue weighted by atomic mass is 16.4. The van der Waals surface area contributed by atoms with Crippen LogP contribution >= 0.6 is 0 Å². The fourth-order valence-corrected chi connectivity index (χ4v) is 2.96. The van der Waals surface area contributed by atoms with Crippen molar-refractivity contribution in [3.63, 3.8) is 0 Å². The van der Waals surface area contributed by atoms with E-state index >= 15 is 0 Å². The smallest absolute Gasteiger partial charge is 0.326 e. The quantitative estimate of drug-likeness (QED) is 0.882. The fourth-order valence-electron chi connectivity index (χ4n) is 2.96. The number of piperidine rings is 1. The molecule has 108 valence electrons. The van der Waals surface area contributed by atoms with Crippen molar-refractivity contribution in [1.29, 1.82) is 0 Å². The Morgan fingerprint density at radius 1 is 1.30 bits per heavy atom. The van der Waals surface area contributed by atoms with Crippen molar-refractivity contribution < 1.29 is 14.7 Å². The van der Waals surface area contributed by atoms with E-state index in [-0.39, 0.29) is 5.41 Å². The fraction of sp³-hybridized carbons (Fsp3) is 0.467. The number of nitrogens with two attached hydrogens (primary N) is 1. The lowest BCUT2D eigenvalue weighted by Gasteiger charge is -2.45. The van der Waals surface area contributed by atoms with Gasteiger partial charge in [-0.3, -0.25) is 4.79 Å². The zero-order chi connectivity index (χ0) is 14.9. The molecule has 1 aromatic carbocycles. The predicted molar refractivity (Wildman–Crippen MR) is 76.7 cm³/mol. The molecule has 0 aliphatic carbocycles. The van der Waals surface area contributed by atoms with Crippen molar-refractivity contribution in [2.45, 2.75) is 32.7 Å². The summed E-state index contributed by atoms with van der Waals surface area (Å²) in [5, 5.41) is 9.53. The van der Waals surface area contributed by atoms with Gasteiger partial charge in [0, 0.05) is 17.8 Å². The Bertz CT molecular complexity index is 522. The summed E-state index contributed by atoms with van der Waals surface area (Å²) < 4.78 is 0. The molecule has 5 nitrogen and oxygen atoms in total. The van der Waals surface area contributed by atoms with Gasteiger partial charge in [0.2, 0.25) is 5.91 Å². The van der Waals surface area contributed by atoms with Gasteiger partial charge in [0.1, 0.15) is 6.04 Å². The molecule has 0 aromatic heterocycles. The number of amides is 1. The number of anilines is 1. The normalized spacial score (nSPS) is 21.5. The van der Waals surface area contributed by atoms with Gasteiger partial charge in [-0.2, -0.15) is 0 Å². The monoisotopic (exact) mass is 276 g/mol. The first-order valence-electron chi connectivity index (χ1n) is 6.72. The molecular weight excluding hydrogens is 256 g/mol. The second-order valence-corrected chi connectivity index (χ2v) is 5.94. The Kier molecular flexibility index (Phi) is 3.70. The first-order chi connectivity index (χ1) is 9.33. The van der Waals surface area contributed by atoms with E-state index in [0.29, 0.717) is 12.1 Å². The van der Waals surface area contributed by atoms with Gasteiger partial charge >= 0.3 is 5.97 Å². The first kappa shape index (κ1) is 14.4. The molecule has 2 rings (SSSR count). The standard InChI is InChI=1S/C15H20N2O3/c1-15(2)8-3-9-17(12(15)14(19)20)11-6-4-10(5-7-11)13(16)18/h4-7,12H,3,8-9H2,1-2H3,(H2,16,18)(H,19,20). The molecule has 1 aromatic rings. The van der Waals surface area contributed by atoms with E-state index in [1.165, 1.54) is 0 Å². The molecule has 0 spiro atoms. The number of hydrogen-bond acceptors (Lipinski definition) is 3. The molecule has 1 unspecified atom stereocenters. The highest BCUT2D eigenvalue weighted by molar-refractivity contribution is 5.93. The number of aliphatic carboxylic acids is 1. The van der Waals surface area contributed by atoms with Crippen LogP contribution in [0.15, 0.2) is 24.3 Å². The summed E-state index contributed by atoms with van der Waals surface area (Å²) in [6.45, 7) is 4.67. The summed E-state index contributed by atoms with van der Waals surface area (Å²) in [6.07, 6.45) is 1.84. The summed E-state index contributed by atoms with van der Waals surface area (Å²) in [7, 11) is 0. The molecule has 1 atom stereocenters. The lowest BCUT2D eigenvalue weighted by Crippen LogP contribution is -2.54. The van der Waals surface area contributed by atoms with Gasteiger partial charge in [0.15, 0.2) is 0 Å². The summed E-state index contributed by atoms with van der Waals surface area (Å²) >= 11 is 0. The second kappa shape index (κ2) is 5.15. The number of nitrogens with zero attached hydrogens (tertiary/aromatic N) is 1. The highest BCUT2D eigenvalue weighted by Gasteiger charge is 2.42. The van der Waals surface area contributed by atoms with E-state index in [1.54, 1.807) is 24.3 Å². The van der Waals surface area contributed by atoms with Gasteiger partial charge in [-0.25, -0.2) is 4.79 Å². The van der Waals surface area contributed by atoms with Crippen LogP contribution < -0.4 is 10.6 Å². The molecule has 1 amide bonds. The molecule has 1 fully saturated rings. The summed E-state index contributed by atoms with van der Waals surface area (Å²) in [4.78, 5) is 24.6. The molecule has 0 radical (unpaired) electrons. The Hall–Kier alpha value is -2.04. The van der Waals surface area contributed by atoms with Crippen LogP contribution in [0.25, 0.3) is 0 Å². The van der Waals surface area contributed by atoms with E-state index in [2.05, 4.69) is 0 Å². The number of carbonyl (C=O) groups excluding carboxylic acids is 1. The van der Waals surface area contributed by atoms with Crippen molar-refractivity contribution in [1.82, 2.24) is 0 Å². The Labute approximate surface area is 118 Å². The zero-order valence-corrected chi connectivity index (χ0v) is 11.8. The molecule has 1 heterocycles. The topological polar surface area (TPSA) is 83.6 Å². The van der Waals surface area contributed by atoms with E-state index in [0.717, 1.165) is 18.5 Å². The number of carboxylic acid groups (broad SMARTS) is 1. The Morgan fingerprint density at radius 2 is 1.90 bits per heavy atom. The van der Waals surface area contributed by atoms with E-state index in [9.17, 15) is 14.7 Å². The second-order valence-electron chi connectivity index (χ2n) is 5.94. The average molecular weight is 276 g/mol. The van der Waals surface area contributed by atoms with E-state index in [4.69, 9.17) is 5.73 Å². The number of carbonyl (C=O) groups is 2. The van der Waals surface area contributed by atoms with Gasteiger partial charge in [-0.15, -0.1) is 0 Å². The van der Waals surface area contributed by atoms with Crippen LogP contribution in [0.3, 0.4) is 0 Å². The van der Waals surface area contributed by atoms with Gasteiger partial charge in [-0.05, 0) is 42.5 Å². The maximum Gasteiger partial charge on any atom is 0.326 e. The van der Waals surface area contributed by atoms with Gasteiger partial charge in [0.05, 0.1) is 0 Å². The van der Waals surface area contributed by atoms with Crippen molar-refractivity contribution in [2.24, 2.45) is 11.1 Å². The summed E-state index contributed by atoms with van der Waals surface area (Å²) in [6, 6.07) is 6.24. The van der Waals surface area contributed by atoms with Gasteiger partial charge in [0.25, 0.3) is 0 Å². The average Bonchev–Trinajstić information content (AvgIpc) is 2.36. The summed E-state index contributed by atoms with van der Waals surface area (Å²) in [5.41, 5.74) is 6.17. The number of primary amides is 1. The van der Waals surface area contributed by atoms with Crippen LogP contribution in [0.4, 0.5) is 5.69 Å². The SMILES string of the molecule is CC1(C)CCCN(c2ccc(C(N)=O)cc2)C1C(=O)O. The molecular formula is C15H20N2O3. The van der Waals surface area contributed by atoms with Gasteiger partial charge in [-0.1, -0.05) is 13.8 Å². The largest absolute Gasteiger partial charge is 0.480 e. The molecule has 1 aliphatic heterocycles. The minimum absolute atomic E-state index is 0.285. The zero-order valence-electron chi connectivity index (χ0n) is 11.8. The Morgan fingerprint density at radius 3 is 2.40 bits per heavy atom. The number of carboxylic acids is 1. The van der Waals surface area contributed by atoms with Crippen molar-refractivity contribution >= 4 is 17.6 Å². The van der Waals surface area contributed by atoms with Crippen LogP contribution in [0.1, 0.15) is 37.0 Å². The predicted octanol–water partition coefficient (Wildman–Crippen LogP) is 1.87. The third-order valence-electron chi connectivity index (χ3n) is 3.99. The lowest BCUT2D eigenvalue weighted by atomic mass is 9.76. The minimum atomic E-state index is -0.811. The van der Waals surface area contributed by atoms with Crippen LogP contribution in [0.2, 0.25) is 0 Å². The number of benzene rings is 1. The van der Waals surface area contributed by atoms with Crippen LogP contribution in [-0.4, -0.2) is 29.6 Å². The number of hydrogen-bond donors (Lipinski definition) is 2. The highest BCUT2D eigenvalue weighted by Crippen LogP contribution is 2.37. The number of rotatable bonds is 3. The molecule has 1 aliphatic rings. The van der Waals surface area contributed by atoms with Crippen LogP contribution in [0, 0.1) is 5.41 Å². The molecule has 0 bridgehead atoms. The maximum atomic E-state index is 11.6. The van der Waals surface area contributed by atoms with Crippen LogP contribution in [0.5, 0.6) is 0 Å². The van der Waals surface area contributed by atoms with Crippen molar-refractivity contribution in [2.75, 3.05) is 11.4 Å². The molecule has 20 heavy (non-hydrogen) atoms. The van der Waals surface area contributed by atoms with Gasteiger partial charge < -0.3 is 15.7 Å². The molecule has 5 heteroatoms. The minimum Gasteiger partial charge on any atom is -0.480 e. The molecule has 1 saturated heterocycles. The van der Waals surface area contributed by atoms with Crippen molar-refractivity contribution in [3.05, 3.63) is 29.8 Å². The van der Waals surface area contributed by atoms with Crippen LogP contribution in [-0.2, 0) is 4.79 Å². The third kappa shape index (κ3) is 2.61. The van der Waals surface area contributed by atoms with E-state index in [1.807, 2.05) is 18.7 Å². The Balaban J connectivity index is 2.34. The third-order valence-corrected chi connectivity index (χ3v) is 3.99. The lowest BCUT2D eigenvalue weighted by molar-refractivity contribution is -0.142. The maximum absolute atomic E-state index is 11.6.